The molecule has 0 spiro atoms. The van der Waals surface area contributed by atoms with Crippen LogP contribution in [0.15, 0.2) is 54.6 Å². The summed E-state index contributed by atoms with van der Waals surface area (Å²) in [6.07, 6.45) is 4.91. The lowest BCUT2D eigenvalue weighted by atomic mass is 9.95. The van der Waals surface area contributed by atoms with Crippen LogP contribution in [-0.4, -0.2) is 18.2 Å². The number of unbranched alkanes of at least 4 members (excludes halogenated alkanes) is 2. The van der Waals surface area contributed by atoms with Gasteiger partial charge in [-0.15, -0.1) is 0 Å². The Hall–Kier alpha value is -1.81. The topological polar surface area (TPSA) is 32.3 Å². The van der Waals surface area contributed by atoms with Gasteiger partial charge in [0.1, 0.15) is 0 Å². The summed E-state index contributed by atoms with van der Waals surface area (Å²) in [4.78, 5) is 0. The molecule has 1 aliphatic rings. The normalized spacial score (nSPS) is 14.5. The minimum Gasteiger partial charge on any atom is -0.387 e. The van der Waals surface area contributed by atoms with E-state index in [0.717, 1.165) is 51.9 Å². The van der Waals surface area contributed by atoms with Crippen LogP contribution < -0.4 is 5.32 Å². The van der Waals surface area contributed by atoms with Gasteiger partial charge >= 0.3 is 0 Å². The van der Waals surface area contributed by atoms with E-state index in [1.54, 1.807) is 0 Å². The van der Waals surface area contributed by atoms with Crippen molar-refractivity contribution in [1.29, 1.82) is 0 Å². The van der Waals surface area contributed by atoms with Crippen molar-refractivity contribution < 1.29 is 5.11 Å². The largest absolute Gasteiger partial charge is 0.387 e. The van der Waals surface area contributed by atoms with Crippen molar-refractivity contribution in [3.05, 3.63) is 91.9 Å². The molecule has 0 saturated heterocycles. The molecule has 0 bridgehead atoms. The predicted octanol–water partition coefficient (Wildman–Crippen LogP) is 8.03. The van der Waals surface area contributed by atoms with Crippen molar-refractivity contribution in [1.82, 2.24) is 5.32 Å². The molecule has 166 valence electrons. The molecule has 5 heteroatoms. The number of aliphatic hydroxyl groups is 1. The van der Waals surface area contributed by atoms with E-state index in [2.05, 4.69) is 18.3 Å². The zero-order valence-electron chi connectivity index (χ0n) is 18.0. The molecule has 0 aliphatic heterocycles. The molecule has 1 atom stereocenters. The first kappa shape index (κ1) is 23.4. The minimum atomic E-state index is -0.664. The Morgan fingerprint density at radius 1 is 0.844 bits per heavy atom. The zero-order valence-corrected chi connectivity index (χ0v) is 20.2. The van der Waals surface area contributed by atoms with Crippen LogP contribution in [0.5, 0.6) is 0 Å². The summed E-state index contributed by atoms with van der Waals surface area (Å²) >= 11 is 19.0. The van der Waals surface area contributed by atoms with E-state index in [4.69, 9.17) is 34.8 Å². The van der Waals surface area contributed by atoms with Gasteiger partial charge in [0.2, 0.25) is 0 Å². The van der Waals surface area contributed by atoms with Gasteiger partial charge < -0.3 is 10.4 Å². The Kier molecular flexibility index (Phi) is 7.60. The van der Waals surface area contributed by atoms with E-state index in [1.807, 2.05) is 54.6 Å². The van der Waals surface area contributed by atoms with E-state index in [-0.39, 0.29) is 0 Å². The average molecular weight is 487 g/mol. The number of hydrogen-bond acceptors (Lipinski definition) is 2. The summed E-state index contributed by atoms with van der Waals surface area (Å²) in [5.41, 5.74) is 7.01. The van der Waals surface area contributed by atoms with Gasteiger partial charge in [0.15, 0.2) is 0 Å². The summed E-state index contributed by atoms with van der Waals surface area (Å²) in [6.45, 7) is 3.56. The molecular weight excluding hydrogens is 461 g/mol. The summed E-state index contributed by atoms with van der Waals surface area (Å²) < 4.78 is 0. The quantitative estimate of drug-likeness (QED) is 0.247. The highest BCUT2D eigenvalue weighted by Gasteiger charge is 2.29. The van der Waals surface area contributed by atoms with Gasteiger partial charge in [0.05, 0.1) is 6.10 Å². The van der Waals surface area contributed by atoms with Crippen LogP contribution in [0.3, 0.4) is 0 Å². The molecule has 0 saturated carbocycles. The lowest BCUT2D eigenvalue weighted by Crippen LogP contribution is -2.23. The summed E-state index contributed by atoms with van der Waals surface area (Å²) in [5, 5.41) is 16.4. The minimum absolute atomic E-state index is 0.482. The number of benzene rings is 3. The zero-order chi connectivity index (χ0) is 22.7. The van der Waals surface area contributed by atoms with Gasteiger partial charge in [-0.1, -0.05) is 72.8 Å². The molecule has 1 unspecified atom stereocenters. The molecule has 0 aromatic heterocycles. The number of fused-ring (bicyclic) bond motifs is 3. The maximum atomic E-state index is 11.1. The third-order valence-electron chi connectivity index (χ3n) is 5.80. The lowest BCUT2D eigenvalue weighted by Gasteiger charge is -2.17. The van der Waals surface area contributed by atoms with Crippen LogP contribution >= 0.6 is 34.8 Å². The van der Waals surface area contributed by atoms with E-state index < -0.39 is 6.10 Å². The maximum Gasteiger partial charge on any atom is 0.0921 e. The summed E-state index contributed by atoms with van der Waals surface area (Å²) in [6, 6.07) is 17.5. The number of aliphatic hydroxyl groups excluding tert-OH is 1. The second-order valence-corrected chi connectivity index (χ2v) is 9.45. The third kappa shape index (κ3) is 5.06. The Labute approximate surface area is 204 Å². The standard InChI is InChI=1S/C27H26Cl3NO/c1-2-3-4-11-31-16-26(32)25-15-20(30)14-24-22(12-17-5-7-18(28)8-6-17)23-13-19(29)9-10-21(23)27(24)25/h5-10,12-15,26,31-32H,2-4,11,16H2,1H3/b22-12-. The van der Waals surface area contributed by atoms with E-state index in [0.29, 0.717) is 21.6 Å². The number of nitrogens with one attached hydrogen (secondary N) is 1. The highest BCUT2D eigenvalue weighted by molar-refractivity contribution is 6.32. The van der Waals surface area contributed by atoms with Crippen molar-refractivity contribution in [3.8, 4) is 11.1 Å². The Morgan fingerprint density at radius 3 is 2.31 bits per heavy atom. The first-order valence-corrected chi connectivity index (χ1v) is 12.1. The molecule has 4 rings (SSSR count). The average Bonchev–Trinajstić information content (AvgIpc) is 3.06. The number of hydrogen-bond donors (Lipinski definition) is 2. The van der Waals surface area contributed by atoms with Crippen molar-refractivity contribution in [2.24, 2.45) is 0 Å². The van der Waals surface area contributed by atoms with E-state index >= 15 is 0 Å². The second-order valence-electron chi connectivity index (χ2n) is 8.14. The fraction of sp³-hybridized carbons (Fsp3) is 0.259. The maximum absolute atomic E-state index is 11.1. The molecule has 2 nitrogen and oxygen atoms in total. The van der Waals surface area contributed by atoms with E-state index in [1.165, 1.54) is 12.8 Å². The van der Waals surface area contributed by atoms with Crippen LogP contribution in [0.25, 0.3) is 22.8 Å². The van der Waals surface area contributed by atoms with Gasteiger partial charge in [-0.2, -0.15) is 0 Å². The summed E-state index contributed by atoms with van der Waals surface area (Å²) in [5.74, 6) is 0. The fourth-order valence-corrected chi connectivity index (χ4v) is 4.76. The van der Waals surface area contributed by atoms with Gasteiger partial charge in [-0.05, 0) is 94.4 Å². The number of halogens is 3. The molecule has 0 fully saturated rings. The van der Waals surface area contributed by atoms with Crippen molar-refractivity contribution in [2.75, 3.05) is 13.1 Å². The molecule has 0 amide bonds. The molecule has 3 aromatic carbocycles. The Morgan fingerprint density at radius 2 is 1.56 bits per heavy atom. The van der Waals surface area contributed by atoms with Crippen LogP contribution in [-0.2, 0) is 0 Å². The second kappa shape index (κ2) is 10.4. The molecule has 0 radical (unpaired) electrons. The SMILES string of the molecule is CCCCCNCC(O)c1cc(Cl)cc2c1-c1ccc(Cl)cc1/C2=C/c1ccc(Cl)cc1. The van der Waals surface area contributed by atoms with Crippen LogP contribution in [0, 0.1) is 0 Å². The first-order chi connectivity index (χ1) is 15.5. The van der Waals surface area contributed by atoms with Crippen LogP contribution in [0.1, 0.15) is 54.5 Å². The molecule has 0 heterocycles. The fourth-order valence-electron chi connectivity index (χ4n) is 4.24. The van der Waals surface area contributed by atoms with Crippen molar-refractivity contribution in [2.45, 2.75) is 32.3 Å². The van der Waals surface area contributed by atoms with Gasteiger partial charge in [-0.25, -0.2) is 0 Å². The molecule has 32 heavy (non-hydrogen) atoms. The van der Waals surface area contributed by atoms with Gasteiger partial charge in [0.25, 0.3) is 0 Å². The summed E-state index contributed by atoms with van der Waals surface area (Å²) in [7, 11) is 0. The predicted molar refractivity (Wildman–Crippen MR) is 138 cm³/mol. The molecule has 3 aromatic rings. The molecule has 1 aliphatic carbocycles. The van der Waals surface area contributed by atoms with Crippen LogP contribution in [0.2, 0.25) is 15.1 Å². The van der Waals surface area contributed by atoms with Crippen LogP contribution in [0.4, 0.5) is 0 Å². The Bertz CT molecular complexity index is 1140. The monoisotopic (exact) mass is 485 g/mol. The first-order valence-electron chi connectivity index (χ1n) is 11.0. The third-order valence-corrected chi connectivity index (χ3v) is 6.51. The van der Waals surface area contributed by atoms with Gasteiger partial charge in [0, 0.05) is 21.6 Å². The molecular formula is C27H26Cl3NO. The van der Waals surface area contributed by atoms with Crippen molar-refractivity contribution in [3.63, 3.8) is 0 Å². The lowest BCUT2D eigenvalue weighted by molar-refractivity contribution is 0.175. The highest BCUT2D eigenvalue weighted by atomic mass is 35.5. The van der Waals surface area contributed by atoms with Gasteiger partial charge in [-0.3, -0.25) is 0 Å². The van der Waals surface area contributed by atoms with E-state index in [9.17, 15) is 5.11 Å². The Balaban J connectivity index is 1.77. The molecule has 2 N–H and O–H groups in total. The highest BCUT2D eigenvalue weighted by Crippen LogP contribution is 2.49. The van der Waals surface area contributed by atoms with Crippen molar-refractivity contribution >= 4 is 46.5 Å². The smallest absolute Gasteiger partial charge is 0.0921 e. The number of rotatable bonds is 8.